The third kappa shape index (κ3) is 38.7. The number of carboxylic acid groups (broad SMARTS) is 1. The first-order chi connectivity index (χ1) is 5.50. The summed E-state index contributed by atoms with van der Waals surface area (Å²) < 4.78 is 0. The molecule has 0 aliphatic carbocycles. The summed E-state index contributed by atoms with van der Waals surface area (Å²) in [6.07, 6.45) is 0.753. The Morgan fingerprint density at radius 2 is 1.83 bits per heavy atom. The molecule has 0 unspecified atom stereocenters. The monoisotopic (exact) mass is 177 g/mol. The SMILES string of the molecule is CCCCNC(N)=O.NC(=O)O. The van der Waals surface area contributed by atoms with E-state index in [0.29, 0.717) is 6.54 Å². The van der Waals surface area contributed by atoms with E-state index in [0.717, 1.165) is 12.8 Å². The summed E-state index contributed by atoms with van der Waals surface area (Å²) in [4.78, 5) is 18.8. The van der Waals surface area contributed by atoms with Gasteiger partial charge in [-0.1, -0.05) is 13.3 Å². The van der Waals surface area contributed by atoms with Crippen LogP contribution in [-0.2, 0) is 0 Å². The van der Waals surface area contributed by atoms with E-state index in [9.17, 15) is 4.79 Å². The molecule has 0 radical (unpaired) electrons. The van der Waals surface area contributed by atoms with Crippen molar-refractivity contribution >= 4 is 12.1 Å². The van der Waals surface area contributed by atoms with Crippen LogP contribution in [0.25, 0.3) is 0 Å². The van der Waals surface area contributed by atoms with Gasteiger partial charge in [0.05, 0.1) is 0 Å². The lowest BCUT2D eigenvalue weighted by Crippen LogP contribution is -2.29. The highest BCUT2D eigenvalue weighted by Gasteiger charge is 1.86. The smallest absolute Gasteiger partial charge is 0.402 e. The number of rotatable bonds is 3. The number of hydrogen-bond acceptors (Lipinski definition) is 2. The van der Waals surface area contributed by atoms with Crippen molar-refractivity contribution in [2.75, 3.05) is 6.54 Å². The van der Waals surface area contributed by atoms with Crippen LogP contribution in [0.5, 0.6) is 0 Å². The van der Waals surface area contributed by atoms with Gasteiger partial charge in [0.25, 0.3) is 0 Å². The number of nitrogens with two attached hydrogens (primary N) is 2. The van der Waals surface area contributed by atoms with Gasteiger partial charge < -0.3 is 21.9 Å². The molecule has 0 saturated carbocycles. The minimum atomic E-state index is -1.33. The Kier molecular flexibility index (Phi) is 10.5. The molecule has 3 amide bonds. The third-order valence-electron chi connectivity index (χ3n) is 0.830. The molecule has 6 nitrogen and oxygen atoms in total. The molecule has 0 fully saturated rings. The summed E-state index contributed by atoms with van der Waals surface area (Å²) in [5, 5.41) is 9.68. The molecule has 0 saturated heterocycles. The predicted octanol–water partition coefficient (Wildman–Crippen LogP) is 0.0779. The van der Waals surface area contributed by atoms with Gasteiger partial charge in [-0.2, -0.15) is 0 Å². The second-order valence-corrected chi connectivity index (χ2v) is 1.98. The molecule has 0 rings (SSSR count). The molecule has 0 heterocycles. The lowest BCUT2D eigenvalue weighted by molar-refractivity contribution is 0.205. The van der Waals surface area contributed by atoms with Crippen molar-refractivity contribution in [3.8, 4) is 0 Å². The zero-order valence-corrected chi connectivity index (χ0v) is 7.04. The molecule has 0 atom stereocenters. The van der Waals surface area contributed by atoms with Crippen LogP contribution in [0.3, 0.4) is 0 Å². The second-order valence-electron chi connectivity index (χ2n) is 1.98. The predicted molar refractivity (Wildman–Crippen MR) is 44.7 cm³/mol. The fraction of sp³-hybridized carbons (Fsp3) is 0.667. The first-order valence-electron chi connectivity index (χ1n) is 3.52. The highest BCUT2D eigenvalue weighted by molar-refractivity contribution is 5.71. The Hall–Kier alpha value is -1.46. The first-order valence-corrected chi connectivity index (χ1v) is 3.52. The van der Waals surface area contributed by atoms with Crippen LogP contribution in [0.4, 0.5) is 9.59 Å². The van der Waals surface area contributed by atoms with Gasteiger partial charge in [0, 0.05) is 6.54 Å². The molecule has 0 aliphatic rings. The molecule has 0 aromatic heterocycles. The number of unbranched alkanes of at least 4 members (excludes halogenated alkanes) is 1. The standard InChI is InChI=1S/C5H12N2O.CH3NO2/c1-2-3-4-7-5(6)8;2-1(3)4/h2-4H2,1H3,(H3,6,7,8);2H2,(H,3,4). The van der Waals surface area contributed by atoms with Crippen LogP contribution in [0.2, 0.25) is 0 Å². The van der Waals surface area contributed by atoms with Gasteiger partial charge in [0.2, 0.25) is 0 Å². The molecule has 0 aliphatic heterocycles. The molecule has 72 valence electrons. The van der Waals surface area contributed by atoms with E-state index in [1.54, 1.807) is 0 Å². The van der Waals surface area contributed by atoms with E-state index in [4.69, 9.17) is 15.6 Å². The minimum absolute atomic E-state index is 0.432. The van der Waals surface area contributed by atoms with Crippen molar-refractivity contribution < 1.29 is 14.7 Å². The maximum atomic E-state index is 9.99. The van der Waals surface area contributed by atoms with Crippen molar-refractivity contribution in [3.05, 3.63) is 0 Å². The van der Waals surface area contributed by atoms with Crippen molar-refractivity contribution in [1.82, 2.24) is 5.32 Å². The van der Waals surface area contributed by atoms with Crippen LogP contribution in [0.1, 0.15) is 19.8 Å². The Morgan fingerprint density at radius 3 is 2.08 bits per heavy atom. The van der Waals surface area contributed by atoms with Crippen molar-refractivity contribution in [2.45, 2.75) is 19.8 Å². The lowest BCUT2D eigenvalue weighted by Gasteiger charge is -1.96. The van der Waals surface area contributed by atoms with E-state index >= 15 is 0 Å². The van der Waals surface area contributed by atoms with Gasteiger partial charge in [-0.05, 0) is 6.42 Å². The van der Waals surface area contributed by atoms with Gasteiger partial charge in [-0.3, -0.25) is 0 Å². The van der Waals surface area contributed by atoms with Crippen molar-refractivity contribution in [2.24, 2.45) is 11.5 Å². The average Bonchev–Trinajstić information content (AvgIpc) is 1.86. The van der Waals surface area contributed by atoms with Crippen LogP contribution in [-0.4, -0.2) is 23.8 Å². The Bertz CT molecular complexity index is 134. The van der Waals surface area contributed by atoms with E-state index in [-0.39, 0.29) is 0 Å². The zero-order valence-electron chi connectivity index (χ0n) is 7.04. The number of hydrogen-bond donors (Lipinski definition) is 4. The van der Waals surface area contributed by atoms with Crippen LogP contribution < -0.4 is 16.8 Å². The largest absolute Gasteiger partial charge is 0.465 e. The Labute approximate surface area is 70.9 Å². The molecule has 0 aromatic carbocycles. The van der Waals surface area contributed by atoms with Gasteiger partial charge in [0.15, 0.2) is 0 Å². The van der Waals surface area contributed by atoms with Gasteiger partial charge in [0.1, 0.15) is 0 Å². The van der Waals surface area contributed by atoms with Crippen LogP contribution in [0, 0.1) is 0 Å². The van der Waals surface area contributed by atoms with Crippen molar-refractivity contribution in [3.63, 3.8) is 0 Å². The lowest BCUT2D eigenvalue weighted by atomic mass is 10.3. The third-order valence-corrected chi connectivity index (χ3v) is 0.830. The van der Waals surface area contributed by atoms with E-state index in [2.05, 4.69) is 18.0 Å². The number of amides is 3. The molecule has 0 aromatic rings. The van der Waals surface area contributed by atoms with E-state index in [1.807, 2.05) is 0 Å². The Balaban J connectivity index is 0. The second kappa shape index (κ2) is 9.54. The first kappa shape index (κ1) is 13.2. The molecule has 6 heteroatoms. The summed E-state index contributed by atoms with van der Waals surface area (Å²) in [7, 11) is 0. The number of carbonyl (C=O) groups is 2. The number of primary amides is 2. The summed E-state index contributed by atoms with van der Waals surface area (Å²) in [6, 6.07) is -0.432. The van der Waals surface area contributed by atoms with Gasteiger partial charge in [-0.15, -0.1) is 0 Å². The topological polar surface area (TPSA) is 118 Å². The number of urea groups is 1. The summed E-state index contributed by atoms with van der Waals surface area (Å²) in [6.45, 7) is 2.76. The molecule has 12 heavy (non-hydrogen) atoms. The maximum Gasteiger partial charge on any atom is 0.402 e. The molecule has 6 N–H and O–H groups in total. The van der Waals surface area contributed by atoms with Gasteiger partial charge in [-0.25, -0.2) is 9.59 Å². The summed E-state index contributed by atoms with van der Waals surface area (Å²) in [5.41, 5.74) is 8.81. The summed E-state index contributed by atoms with van der Waals surface area (Å²) in [5.74, 6) is 0. The van der Waals surface area contributed by atoms with Crippen LogP contribution >= 0.6 is 0 Å². The zero-order chi connectivity index (χ0) is 9.98. The number of carbonyl (C=O) groups excluding carboxylic acids is 1. The molecule has 0 spiro atoms. The average molecular weight is 177 g/mol. The number of nitrogens with one attached hydrogen (secondary N) is 1. The highest BCUT2D eigenvalue weighted by atomic mass is 16.4. The van der Waals surface area contributed by atoms with Crippen molar-refractivity contribution in [1.29, 1.82) is 0 Å². The Morgan fingerprint density at radius 1 is 1.42 bits per heavy atom. The summed E-state index contributed by atoms with van der Waals surface area (Å²) >= 11 is 0. The fourth-order valence-corrected chi connectivity index (χ4v) is 0.388. The quantitative estimate of drug-likeness (QED) is 0.457. The molecular weight excluding hydrogens is 162 g/mol. The fourth-order valence-electron chi connectivity index (χ4n) is 0.388. The van der Waals surface area contributed by atoms with Crippen LogP contribution in [0.15, 0.2) is 0 Å². The van der Waals surface area contributed by atoms with E-state index < -0.39 is 12.1 Å². The van der Waals surface area contributed by atoms with Gasteiger partial charge >= 0.3 is 12.1 Å². The maximum absolute atomic E-state index is 9.99. The van der Waals surface area contributed by atoms with E-state index in [1.165, 1.54) is 0 Å². The normalized spacial score (nSPS) is 7.75. The molecule has 0 bridgehead atoms. The molecular formula is C6H15N3O3. The minimum Gasteiger partial charge on any atom is -0.465 e. The highest BCUT2D eigenvalue weighted by Crippen LogP contribution is 1.80.